The first-order valence-corrected chi connectivity index (χ1v) is 6.98. The summed E-state index contributed by atoms with van der Waals surface area (Å²) in [7, 11) is 1.65. The predicted octanol–water partition coefficient (Wildman–Crippen LogP) is 2.09. The number of carbonyl (C=O) groups excluding carboxylic acids is 1. The first kappa shape index (κ1) is 15.0. The Kier molecular flexibility index (Phi) is 4.78. The van der Waals surface area contributed by atoms with Crippen molar-refractivity contribution >= 4 is 5.91 Å². The summed E-state index contributed by atoms with van der Waals surface area (Å²) in [5, 5.41) is 0. The number of rotatable bonds is 6. The van der Waals surface area contributed by atoms with Crippen molar-refractivity contribution in [2.24, 2.45) is 5.41 Å². The number of carbonyl (C=O) groups is 1. The molecule has 1 amide bonds. The number of nitrogens with zero attached hydrogens (tertiary/aromatic N) is 1. The highest BCUT2D eigenvalue weighted by atomic mass is 16.5. The fourth-order valence-electron chi connectivity index (χ4n) is 2.59. The molecule has 1 saturated heterocycles. The van der Waals surface area contributed by atoms with Gasteiger partial charge in [0.05, 0.1) is 13.2 Å². The van der Waals surface area contributed by atoms with Crippen molar-refractivity contribution in [1.82, 2.24) is 4.90 Å². The van der Waals surface area contributed by atoms with Crippen LogP contribution in [0.3, 0.4) is 0 Å². The molecule has 1 aliphatic rings. The van der Waals surface area contributed by atoms with Gasteiger partial charge >= 0.3 is 0 Å². The van der Waals surface area contributed by atoms with Gasteiger partial charge < -0.3 is 14.4 Å². The Morgan fingerprint density at radius 2 is 2.00 bits per heavy atom. The number of amides is 1. The molecule has 4 nitrogen and oxygen atoms in total. The number of benzene rings is 1. The fourth-order valence-corrected chi connectivity index (χ4v) is 2.59. The van der Waals surface area contributed by atoms with Crippen molar-refractivity contribution in [3.8, 4) is 0 Å². The molecule has 1 atom stereocenters. The van der Waals surface area contributed by atoms with Crippen LogP contribution in [0, 0.1) is 5.41 Å². The number of hydrogen-bond acceptors (Lipinski definition) is 3. The molecule has 0 saturated carbocycles. The molecular weight excluding hydrogens is 254 g/mol. The summed E-state index contributed by atoms with van der Waals surface area (Å²) in [4.78, 5) is 14.2. The van der Waals surface area contributed by atoms with Crippen LogP contribution >= 0.6 is 0 Å². The smallest absolute Gasteiger partial charge is 0.252 e. The van der Waals surface area contributed by atoms with Gasteiger partial charge in [0.15, 0.2) is 0 Å². The molecular formula is C16H23NO3. The van der Waals surface area contributed by atoms with Gasteiger partial charge in [-0.2, -0.15) is 0 Å². The largest absolute Gasteiger partial charge is 0.383 e. The molecule has 0 aromatic heterocycles. The van der Waals surface area contributed by atoms with Crippen LogP contribution < -0.4 is 0 Å². The van der Waals surface area contributed by atoms with Crippen molar-refractivity contribution in [3.05, 3.63) is 35.9 Å². The second-order valence-corrected chi connectivity index (χ2v) is 5.92. The van der Waals surface area contributed by atoms with Crippen LogP contribution in [-0.4, -0.2) is 43.7 Å². The van der Waals surface area contributed by atoms with Crippen LogP contribution in [0.1, 0.15) is 19.4 Å². The molecule has 1 aromatic carbocycles. The van der Waals surface area contributed by atoms with Crippen LogP contribution in [-0.2, 0) is 20.9 Å². The van der Waals surface area contributed by atoms with E-state index in [0.717, 1.165) is 5.56 Å². The first-order valence-electron chi connectivity index (χ1n) is 6.98. The standard InChI is InChI=1S/C16H23NO3/c1-16(2)12-17(9-10-19-3)15(18)14(16)20-11-13-7-5-4-6-8-13/h4-8,14H,9-12H2,1-3H3. The molecule has 20 heavy (non-hydrogen) atoms. The van der Waals surface area contributed by atoms with Crippen molar-refractivity contribution in [1.29, 1.82) is 0 Å². The highest BCUT2D eigenvalue weighted by Crippen LogP contribution is 2.33. The van der Waals surface area contributed by atoms with Crippen molar-refractivity contribution in [2.75, 3.05) is 26.8 Å². The summed E-state index contributed by atoms with van der Waals surface area (Å²) in [6.45, 7) is 6.53. The van der Waals surface area contributed by atoms with Gasteiger partial charge in [0.25, 0.3) is 5.91 Å². The zero-order valence-electron chi connectivity index (χ0n) is 12.5. The van der Waals surface area contributed by atoms with Gasteiger partial charge in [-0.1, -0.05) is 44.2 Å². The summed E-state index contributed by atoms with van der Waals surface area (Å²) >= 11 is 0. The quantitative estimate of drug-likeness (QED) is 0.799. The minimum atomic E-state index is -0.375. The van der Waals surface area contributed by atoms with Crippen LogP contribution in [0.2, 0.25) is 0 Å². The third-order valence-corrected chi connectivity index (χ3v) is 3.67. The second kappa shape index (κ2) is 6.37. The minimum Gasteiger partial charge on any atom is -0.383 e. The van der Waals surface area contributed by atoms with Crippen LogP contribution in [0.25, 0.3) is 0 Å². The monoisotopic (exact) mass is 277 g/mol. The normalized spacial score (nSPS) is 21.4. The minimum absolute atomic E-state index is 0.0722. The van der Waals surface area contributed by atoms with Crippen molar-refractivity contribution in [2.45, 2.75) is 26.6 Å². The number of likely N-dealkylation sites (tertiary alicyclic amines) is 1. The van der Waals surface area contributed by atoms with Crippen LogP contribution in [0.15, 0.2) is 30.3 Å². The molecule has 0 N–H and O–H groups in total. The molecule has 2 rings (SSSR count). The van der Waals surface area contributed by atoms with Crippen LogP contribution in [0.5, 0.6) is 0 Å². The summed E-state index contributed by atoms with van der Waals surface area (Å²) < 4.78 is 10.9. The molecule has 0 bridgehead atoms. The fraction of sp³-hybridized carbons (Fsp3) is 0.562. The topological polar surface area (TPSA) is 38.8 Å². The molecule has 1 aliphatic heterocycles. The average molecular weight is 277 g/mol. The Balaban J connectivity index is 1.97. The summed E-state index contributed by atoms with van der Waals surface area (Å²) in [6.07, 6.45) is -0.375. The Hall–Kier alpha value is -1.39. The van der Waals surface area contributed by atoms with Gasteiger partial charge in [-0.3, -0.25) is 4.79 Å². The van der Waals surface area contributed by atoms with Gasteiger partial charge in [-0.15, -0.1) is 0 Å². The maximum Gasteiger partial charge on any atom is 0.252 e. The third-order valence-electron chi connectivity index (χ3n) is 3.67. The molecule has 0 spiro atoms. The van der Waals surface area contributed by atoms with Gasteiger partial charge in [-0.25, -0.2) is 0 Å². The lowest BCUT2D eigenvalue weighted by atomic mass is 9.89. The van der Waals surface area contributed by atoms with E-state index in [0.29, 0.717) is 26.3 Å². The van der Waals surface area contributed by atoms with E-state index >= 15 is 0 Å². The summed E-state index contributed by atoms with van der Waals surface area (Å²) in [5.74, 6) is 0.0722. The third kappa shape index (κ3) is 3.38. The highest BCUT2D eigenvalue weighted by Gasteiger charge is 2.46. The van der Waals surface area contributed by atoms with E-state index in [1.54, 1.807) is 7.11 Å². The number of hydrogen-bond donors (Lipinski definition) is 0. The molecule has 1 fully saturated rings. The van der Waals surface area contributed by atoms with E-state index in [9.17, 15) is 4.79 Å². The number of methoxy groups -OCH3 is 1. The number of ether oxygens (including phenoxy) is 2. The lowest BCUT2D eigenvalue weighted by molar-refractivity contribution is -0.141. The molecule has 110 valence electrons. The zero-order chi connectivity index (χ0) is 14.6. The molecule has 0 radical (unpaired) electrons. The van der Waals surface area contributed by atoms with Crippen molar-refractivity contribution in [3.63, 3.8) is 0 Å². The van der Waals surface area contributed by atoms with E-state index < -0.39 is 0 Å². The SMILES string of the molecule is COCCN1CC(C)(C)C(OCc2ccccc2)C1=O. The Morgan fingerprint density at radius 3 is 2.65 bits per heavy atom. The van der Waals surface area contributed by atoms with E-state index in [-0.39, 0.29) is 17.4 Å². The lowest BCUT2D eigenvalue weighted by Gasteiger charge is -2.23. The zero-order valence-corrected chi connectivity index (χ0v) is 12.5. The Morgan fingerprint density at radius 1 is 1.30 bits per heavy atom. The van der Waals surface area contributed by atoms with Crippen LogP contribution in [0.4, 0.5) is 0 Å². The van der Waals surface area contributed by atoms with Crippen molar-refractivity contribution < 1.29 is 14.3 Å². The van der Waals surface area contributed by atoms with E-state index in [1.165, 1.54) is 0 Å². The maximum absolute atomic E-state index is 12.4. The average Bonchev–Trinajstić information content (AvgIpc) is 2.65. The highest BCUT2D eigenvalue weighted by molar-refractivity contribution is 5.84. The summed E-state index contributed by atoms with van der Waals surface area (Å²) in [5.41, 5.74) is 0.922. The maximum atomic E-state index is 12.4. The molecule has 1 heterocycles. The molecule has 4 heteroatoms. The molecule has 1 unspecified atom stereocenters. The van der Waals surface area contributed by atoms with E-state index in [2.05, 4.69) is 13.8 Å². The van der Waals surface area contributed by atoms with Gasteiger partial charge in [0, 0.05) is 25.6 Å². The molecule has 0 aliphatic carbocycles. The van der Waals surface area contributed by atoms with Gasteiger partial charge in [0.1, 0.15) is 6.10 Å². The Bertz CT molecular complexity index is 444. The molecule has 1 aromatic rings. The lowest BCUT2D eigenvalue weighted by Crippen LogP contribution is -2.34. The van der Waals surface area contributed by atoms with Gasteiger partial charge in [0.2, 0.25) is 0 Å². The second-order valence-electron chi connectivity index (χ2n) is 5.92. The predicted molar refractivity (Wildman–Crippen MR) is 77.3 cm³/mol. The summed E-state index contributed by atoms with van der Waals surface area (Å²) in [6, 6.07) is 9.95. The van der Waals surface area contributed by atoms with Gasteiger partial charge in [-0.05, 0) is 5.56 Å². The Labute approximate surface area is 120 Å². The first-order chi connectivity index (χ1) is 9.54. The van der Waals surface area contributed by atoms with E-state index in [4.69, 9.17) is 9.47 Å². The van der Waals surface area contributed by atoms with E-state index in [1.807, 2.05) is 35.2 Å².